The molecule has 4 nitrogen and oxygen atoms in total. The third kappa shape index (κ3) is 6.19. The van der Waals surface area contributed by atoms with E-state index in [1.165, 1.54) is 18.4 Å². The van der Waals surface area contributed by atoms with E-state index in [0.29, 0.717) is 19.4 Å². The van der Waals surface area contributed by atoms with Crippen molar-refractivity contribution in [2.75, 3.05) is 0 Å². The summed E-state index contributed by atoms with van der Waals surface area (Å²) in [6, 6.07) is 16.2. The van der Waals surface area contributed by atoms with Crippen molar-refractivity contribution < 1.29 is 9.59 Å². The van der Waals surface area contributed by atoms with Crippen molar-refractivity contribution in [3.05, 3.63) is 70.8 Å². The molecule has 0 saturated heterocycles. The van der Waals surface area contributed by atoms with Crippen LogP contribution in [0.1, 0.15) is 61.3 Å². The first-order valence-corrected chi connectivity index (χ1v) is 11.1. The minimum atomic E-state index is -0.489. The van der Waals surface area contributed by atoms with Crippen LogP contribution in [-0.2, 0) is 22.6 Å². The minimum absolute atomic E-state index is 0.0196. The standard InChI is InChI=1S/C26H34N2O2/c1-19-11-13-22(14-12-19)15-16-25(29)28(18-23-8-6-7-20(2)17-23)21(3)26(30)27-24-9-4-5-10-24/h6-8,11-14,17,21,24H,4-5,9-10,15-16,18H2,1-3H3,(H,27,30)/t21-/m1/s1. The van der Waals surface area contributed by atoms with Gasteiger partial charge in [-0.1, -0.05) is 72.5 Å². The largest absolute Gasteiger partial charge is 0.352 e. The van der Waals surface area contributed by atoms with Gasteiger partial charge in [-0.05, 0) is 51.2 Å². The molecule has 0 unspecified atom stereocenters. The van der Waals surface area contributed by atoms with Crippen molar-refractivity contribution in [1.29, 1.82) is 0 Å². The molecule has 1 aliphatic rings. The third-order valence-electron chi connectivity index (χ3n) is 6.05. The number of amides is 2. The van der Waals surface area contributed by atoms with Crippen LogP contribution in [0.15, 0.2) is 48.5 Å². The second-order valence-corrected chi connectivity index (χ2v) is 8.66. The molecule has 1 saturated carbocycles. The molecule has 0 radical (unpaired) electrons. The first-order chi connectivity index (χ1) is 14.4. The SMILES string of the molecule is Cc1ccc(CCC(=O)N(Cc2cccc(C)c2)[C@H](C)C(=O)NC2CCCC2)cc1. The van der Waals surface area contributed by atoms with Crippen molar-refractivity contribution in [2.24, 2.45) is 0 Å². The molecule has 0 bridgehead atoms. The normalized spacial score (nSPS) is 15.0. The van der Waals surface area contributed by atoms with Crippen LogP contribution in [0.25, 0.3) is 0 Å². The molecular weight excluding hydrogens is 372 g/mol. The van der Waals surface area contributed by atoms with Crippen LogP contribution in [0.5, 0.6) is 0 Å². The average molecular weight is 407 g/mol. The molecule has 3 rings (SSSR count). The zero-order valence-electron chi connectivity index (χ0n) is 18.5. The molecule has 0 spiro atoms. The molecule has 1 atom stereocenters. The van der Waals surface area contributed by atoms with E-state index in [1.54, 1.807) is 4.90 Å². The van der Waals surface area contributed by atoms with Crippen LogP contribution < -0.4 is 5.32 Å². The zero-order chi connectivity index (χ0) is 21.5. The lowest BCUT2D eigenvalue weighted by atomic mass is 10.1. The molecule has 2 aromatic carbocycles. The summed E-state index contributed by atoms with van der Waals surface area (Å²) in [6.45, 7) is 6.41. The Labute approximate surface area is 180 Å². The number of rotatable bonds is 8. The lowest BCUT2D eigenvalue weighted by molar-refractivity contribution is -0.140. The number of hydrogen-bond donors (Lipinski definition) is 1. The number of carbonyl (C=O) groups excluding carboxylic acids is 2. The quantitative estimate of drug-likeness (QED) is 0.690. The highest BCUT2D eigenvalue weighted by Gasteiger charge is 2.28. The van der Waals surface area contributed by atoms with E-state index in [2.05, 4.69) is 42.6 Å². The topological polar surface area (TPSA) is 49.4 Å². The van der Waals surface area contributed by atoms with Gasteiger partial charge >= 0.3 is 0 Å². The Kier molecular flexibility index (Phi) is 7.67. The fourth-order valence-corrected chi connectivity index (χ4v) is 4.13. The summed E-state index contributed by atoms with van der Waals surface area (Å²) in [4.78, 5) is 27.9. The maximum atomic E-state index is 13.2. The highest BCUT2D eigenvalue weighted by molar-refractivity contribution is 5.87. The van der Waals surface area contributed by atoms with Crippen LogP contribution >= 0.6 is 0 Å². The highest BCUT2D eigenvalue weighted by Crippen LogP contribution is 2.19. The highest BCUT2D eigenvalue weighted by atomic mass is 16.2. The molecule has 1 aliphatic carbocycles. The molecule has 0 aromatic heterocycles. The van der Waals surface area contributed by atoms with Gasteiger partial charge < -0.3 is 10.2 Å². The summed E-state index contributed by atoms with van der Waals surface area (Å²) < 4.78 is 0. The van der Waals surface area contributed by atoms with E-state index in [4.69, 9.17) is 0 Å². The number of nitrogens with one attached hydrogen (secondary N) is 1. The summed E-state index contributed by atoms with van der Waals surface area (Å²) >= 11 is 0. The fraction of sp³-hybridized carbons (Fsp3) is 0.462. The van der Waals surface area contributed by atoms with Gasteiger partial charge in [-0.3, -0.25) is 9.59 Å². The second kappa shape index (κ2) is 10.4. The number of nitrogens with zero attached hydrogens (tertiary/aromatic N) is 1. The van der Waals surface area contributed by atoms with Crippen molar-refractivity contribution in [3.8, 4) is 0 Å². The molecular formula is C26H34N2O2. The Bertz CT molecular complexity index is 854. The summed E-state index contributed by atoms with van der Waals surface area (Å²) in [5.41, 5.74) is 4.57. The summed E-state index contributed by atoms with van der Waals surface area (Å²) in [6.07, 6.45) is 5.50. The van der Waals surface area contributed by atoms with Gasteiger partial charge in [0, 0.05) is 19.0 Å². The van der Waals surface area contributed by atoms with Gasteiger partial charge in [0.25, 0.3) is 0 Å². The Morgan fingerprint density at radius 3 is 2.37 bits per heavy atom. The zero-order valence-corrected chi connectivity index (χ0v) is 18.5. The molecule has 0 aliphatic heterocycles. The van der Waals surface area contributed by atoms with Gasteiger partial charge in [-0.25, -0.2) is 0 Å². The number of aryl methyl sites for hydroxylation is 3. The maximum absolute atomic E-state index is 13.2. The molecule has 2 aromatic rings. The van der Waals surface area contributed by atoms with E-state index in [0.717, 1.165) is 29.5 Å². The monoisotopic (exact) mass is 406 g/mol. The van der Waals surface area contributed by atoms with E-state index in [1.807, 2.05) is 32.0 Å². The first-order valence-electron chi connectivity index (χ1n) is 11.1. The summed E-state index contributed by atoms with van der Waals surface area (Å²) in [5.74, 6) is -0.0237. The van der Waals surface area contributed by atoms with Gasteiger partial charge in [0.15, 0.2) is 0 Å². The van der Waals surface area contributed by atoms with Crippen molar-refractivity contribution in [2.45, 2.75) is 77.9 Å². The smallest absolute Gasteiger partial charge is 0.242 e. The number of carbonyl (C=O) groups is 2. The average Bonchev–Trinajstić information content (AvgIpc) is 3.24. The van der Waals surface area contributed by atoms with Crippen molar-refractivity contribution in [3.63, 3.8) is 0 Å². The lowest BCUT2D eigenvalue weighted by Gasteiger charge is -2.30. The van der Waals surface area contributed by atoms with E-state index in [9.17, 15) is 9.59 Å². The van der Waals surface area contributed by atoms with Crippen LogP contribution in [-0.4, -0.2) is 28.8 Å². The van der Waals surface area contributed by atoms with Crippen LogP contribution in [0.2, 0.25) is 0 Å². The summed E-state index contributed by atoms with van der Waals surface area (Å²) in [7, 11) is 0. The van der Waals surface area contributed by atoms with Crippen molar-refractivity contribution >= 4 is 11.8 Å². The first kappa shape index (κ1) is 22.1. The predicted octanol–water partition coefficient (Wildman–Crippen LogP) is 4.71. The van der Waals surface area contributed by atoms with E-state index < -0.39 is 6.04 Å². The summed E-state index contributed by atoms with van der Waals surface area (Å²) in [5, 5.41) is 3.16. The van der Waals surface area contributed by atoms with Gasteiger partial charge in [0.2, 0.25) is 11.8 Å². The Balaban J connectivity index is 1.70. The van der Waals surface area contributed by atoms with Crippen LogP contribution in [0.3, 0.4) is 0 Å². The van der Waals surface area contributed by atoms with Crippen LogP contribution in [0, 0.1) is 13.8 Å². The Hall–Kier alpha value is -2.62. The molecule has 0 heterocycles. The molecule has 1 fully saturated rings. The maximum Gasteiger partial charge on any atom is 0.242 e. The molecule has 1 N–H and O–H groups in total. The number of benzene rings is 2. The van der Waals surface area contributed by atoms with Gasteiger partial charge in [0.1, 0.15) is 6.04 Å². The van der Waals surface area contributed by atoms with Gasteiger partial charge in [-0.15, -0.1) is 0 Å². The molecule has 2 amide bonds. The molecule has 160 valence electrons. The van der Waals surface area contributed by atoms with Crippen LogP contribution in [0.4, 0.5) is 0 Å². The Morgan fingerprint density at radius 2 is 1.70 bits per heavy atom. The fourth-order valence-electron chi connectivity index (χ4n) is 4.13. The third-order valence-corrected chi connectivity index (χ3v) is 6.05. The second-order valence-electron chi connectivity index (χ2n) is 8.66. The van der Waals surface area contributed by atoms with E-state index in [-0.39, 0.29) is 17.9 Å². The number of hydrogen-bond acceptors (Lipinski definition) is 2. The molecule has 30 heavy (non-hydrogen) atoms. The molecule has 4 heteroatoms. The minimum Gasteiger partial charge on any atom is -0.352 e. The predicted molar refractivity (Wildman–Crippen MR) is 121 cm³/mol. The van der Waals surface area contributed by atoms with E-state index >= 15 is 0 Å². The lowest BCUT2D eigenvalue weighted by Crippen LogP contribution is -2.49. The van der Waals surface area contributed by atoms with Crippen molar-refractivity contribution in [1.82, 2.24) is 10.2 Å². The van der Waals surface area contributed by atoms with Gasteiger partial charge in [0.05, 0.1) is 0 Å². The van der Waals surface area contributed by atoms with Gasteiger partial charge in [-0.2, -0.15) is 0 Å². The Morgan fingerprint density at radius 1 is 1.00 bits per heavy atom.